The lowest BCUT2D eigenvalue weighted by atomic mass is 10.0. The predicted molar refractivity (Wildman–Crippen MR) is 68.7 cm³/mol. The van der Waals surface area contributed by atoms with Crippen LogP contribution in [-0.4, -0.2) is 18.8 Å². The van der Waals surface area contributed by atoms with Gasteiger partial charge in [-0.25, -0.2) is 4.79 Å². The fourth-order valence-electron chi connectivity index (χ4n) is 1.60. The summed E-state index contributed by atoms with van der Waals surface area (Å²) in [4.78, 5) is 11.1. The zero-order valence-electron chi connectivity index (χ0n) is 11.7. The first kappa shape index (κ1) is 18.0. The number of hydrogen-bond acceptors (Lipinski definition) is 2. The summed E-state index contributed by atoms with van der Waals surface area (Å²) in [5.74, 6) is -0.164. The van der Waals surface area contributed by atoms with Crippen LogP contribution in [-0.2, 0) is 9.53 Å². The van der Waals surface area contributed by atoms with Gasteiger partial charge in [-0.3, -0.25) is 0 Å². The lowest BCUT2D eigenvalue weighted by Gasteiger charge is -2.12. The van der Waals surface area contributed by atoms with Crippen molar-refractivity contribution < 1.29 is 22.7 Å². The first-order valence-corrected chi connectivity index (χ1v) is 6.61. The number of hydrogen-bond donors (Lipinski definition) is 0. The lowest BCUT2D eigenvalue weighted by Crippen LogP contribution is -2.12. The van der Waals surface area contributed by atoms with E-state index in [4.69, 9.17) is 4.74 Å². The minimum Gasteiger partial charge on any atom is -0.462 e. The summed E-state index contributed by atoms with van der Waals surface area (Å²) in [6.07, 6.45) is -1.43. The Kier molecular flexibility index (Phi) is 8.52. The molecule has 0 radical (unpaired) electrons. The van der Waals surface area contributed by atoms with Crippen LogP contribution in [0.25, 0.3) is 0 Å². The highest BCUT2D eigenvalue weighted by molar-refractivity contribution is 5.86. The molecule has 0 N–H and O–H groups in total. The zero-order valence-corrected chi connectivity index (χ0v) is 11.7. The third-order valence-electron chi connectivity index (χ3n) is 2.75. The highest BCUT2D eigenvalue weighted by atomic mass is 19.4. The normalized spacial score (nSPS) is 13.1. The van der Waals surface area contributed by atoms with E-state index in [0.29, 0.717) is 18.6 Å². The fourth-order valence-corrected chi connectivity index (χ4v) is 1.60. The van der Waals surface area contributed by atoms with Gasteiger partial charge >= 0.3 is 12.1 Å². The molecule has 0 heterocycles. The number of ether oxygens (including phenoxy) is 1. The van der Waals surface area contributed by atoms with Crippen molar-refractivity contribution in [3.63, 3.8) is 0 Å². The third kappa shape index (κ3) is 11.8. The molecule has 0 aromatic carbocycles. The number of carbonyl (C=O) groups excluding carboxylic acids is 1. The number of unbranched alkanes of at least 4 members (excludes halogenated alkanes) is 3. The Balaban J connectivity index is 3.46. The van der Waals surface area contributed by atoms with E-state index in [1.165, 1.54) is 0 Å². The number of carbonyl (C=O) groups is 1. The molecule has 0 saturated carbocycles. The topological polar surface area (TPSA) is 26.3 Å². The van der Waals surface area contributed by atoms with Gasteiger partial charge in [0, 0.05) is 12.0 Å². The van der Waals surface area contributed by atoms with E-state index in [-0.39, 0.29) is 12.3 Å². The molecule has 0 aromatic heterocycles. The standard InChI is InChI=1S/C14H23F3O2/c1-11(2)13(18)19-10-12(3)8-6-4-5-7-9-14(15,16)17/h12H,1,4-10H2,2-3H3. The Hall–Kier alpha value is -1.00. The van der Waals surface area contributed by atoms with E-state index in [1.54, 1.807) is 6.92 Å². The molecule has 0 aromatic rings. The molecule has 112 valence electrons. The molecular weight excluding hydrogens is 257 g/mol. The van der Waals surface area contributed by atoms with Gasteiger partial charge < -0.3 is 4.74 Å². The predicted octanol–water partition coefficient (Wildman–Crippen LogP) is 4.64. The summed E-state index contributed by atoms with van der Waals surface area (Å²) < 4.78 is 40.6. The van der Waals surface area contributed by atoms with Gasteiger partial charge in [-0.15, -0.1) is 0 Å². The van der Waals surface area contributed by atoms with Gasteiger partial charge in [0.15, 0.2) is 0 Å². The van der Waals surface area contributed by atoms with Gasteiger partial charge in [0.05, 0.1) is 6.61 Å². The molecule has 2 nitrogen and oxygen atoms in total. The summed E-state index contributed by atoms with van der Waals surface area (Å²) in [6.45, 7) is 7.37. The molecule has 1 atom stereocenters. The molecule has 0 bridgehead atoms. The molecule has 0 fully saturated rings. The first-order chi connectivity index (χ1) is 8.72. The maximum absolute atomic E-state index is 11.9. The number of rotatable bonds is 9. The maximum atomic E-state index is 11.9. The first-order valence-electron chi connectivity index (χ1n) is 6.61. The second-order valence-electron chi connectivity index (χ2n) is 5.05. The summed E-state index contributed by atoms with van der Waals surface area (Å²) in [5.41, 5.74) is 0.374. The lowest BCUT2D eigenvalue weighted by molar-refractivity contribution is -0.140. The second-order valence-corrected chi connectivity index (χ2v) is 5.05. The van der Waals surface area contributed by atoms with E-state index < -0.39 is 18.6 Å². The van der Waals surface area contributed by atoms with Gasteiger partial charge in [0.25, 0.3) is 0 Å². The smallest absolute Gasteiger partial charge is 0.389 e. The minimum atomic E-state index is -4.04. The molecule has 0 saturated heterocycles. The van der Waals surface area contributed by atoms with Gasteiger partial charge in [-0.2, -0.15) is 13.2 Å². The maximum Gasteiger partial charge on any atom is 0.389 e. The zero-order chi connectivity index (χ0) is 14.9. The van der Waals surface area contributed by atoms with Crippen molar-refractivity contribution in [3.05, 3.63) is 12.2 Å². The molecule has 5 heteroatoms. The Morgan fingerprint density at radius 2 is 1.79 bits per heavy atom. The fraction of sp³-hybridized carbons (Fsp3) is 0.786. The van der Waals surface area contributed by atoms with Crippen molar-refractivity contribution in [1.82, 2.24) is 0 Å². The average molecular weight is 280 g/mol. The molecule has 1 unspecified atom stereocenters. The largest absolute Gasteiger partial charge is 0.462 e. The number of esters is 1. The highest BCUT2D eigenvalue weighted by Gasteiger charge is 2.25. The quantitative estimate of drug-likeness (QED) is 0.349. The monoisotopic (exact) mass is 280 g/mol. The van der Waals surface area contributed by atoms with Crippen molar-refractivity contribution in [2.75, 3.05) is 6.61 Å². The van der Waals surface area contributed by atoms with Gasteiger partial charge in [0.1, 0.15) is 0 Å². The van der Waals surface area contributed by atoms with Crippen LogP contribution in [0.2, 0.25) is 0 Å². The molecule has 0 aliphatic rings. The van der Waals surface area contributed by atoms with Crippen LogP contribution in [0.5, 0.6) is 0 Å². The number of halogens is 3. The van der Waals surface area contributed by atoms with Crippen LogP contribution < -0.4 is 0 Å². The minimum absolute atomic E-state index is 0.197. The van der Waals surface area contributed by atoms with E-state index in [0.717, 1.165) is 19.3 Å². The van der Waals surface area contributed by atoms with Crippen LogP contribution >= 0.6 is 0 Å². The van der Waals surface area contributed by atoms with Crippen molar-refractivity contribution >= 4 is 5.97 Å². The Bertz CT molecular complexity index is 285. The molecule has 0 spiro atoms. The van der Waals surface area contributed by atoms with Crippen LogP contribution in [0, 0.1) is 5.92 Å². The van der Waals surface area contributed by atoms with Gasteiger partial charge in [-0.05, 0) is 25.7 Å². The van der Waals surface area contributed by atoms with Crippen LogP contribution in [0.1, 0.15) is 52.4 Å². The summed E-state index contributed by atoms with van der Waals surface area (Å²) >= 11 is 0. The number of alkyl halides is 3. The van der Waals surface area contributed by atoms with E-state index in [9.17, 15) is 18.0 Å². The van der Waals surface area contributed by atoms with E-state index in [2.05, 4.69) is 6.58 Å². The molecule has 0 rings (SSSR count). The second kappa shape index (κ2) is 8.99. The Labute approximate surface area is 113 Å². The van der Waals surface area contributed by atoms with Crippen molar-refractivity contribution in [3.8, 4) is 0 Å². The summed E-state index contributed by atoms with van der Waals surface area (Å²) in [7, 11) is 0. The molecule has 19 heavy (non-hydrogen) atoms. The SMILES string of the molecule is C=C(C)C(=O)OCC(C)CCCCCCC(F)(F)F. The molecular formula is C14H23F3O2. The third-order valence-corrected chi connectivity index (χ3v) is 2.75. The molecule has 0 aliphatic heterocycles. The van der Waals surface area contributed by atoms with Crippen LogP contribution in [0.4, 0.5) is 13.2 Å². The van der Waals surface area contributed by atoms with Crippen LogP contribution in [0.15, 0.2) is 12.2 Å². The van der Waals surface area contributed by atoms with E-state index in [1.807, 2.05) is 6.92 Å². The van der Waals surface area contributed by atoms with Gasteiger partial charge in [0.2, 0.25) is 0 Å². The van der Waals surface area contributed by atoms with Crippen molar-refractivity contribution in [2.24, 2.45) is 5.92 Å². The summed E-state index contributed by atoms with van der Waals surface area (Å²) in [5, 5.41) is 0. The summed E-state index contributed by atoms with van der Waals surface area (Å²) in [6, 6.07) is 0. The van der Waals surface area contributed by atoms with Crippen LogP contribution in [0.3, 0.4) is 0 Å². The average Bonchev–Trinajstić information content (AvgIpc) is 2.28. The highest BCUT2D eigenvalue weighted by Crippen LogP contribution is 2.23. The van der Waals surface area contributed by atoms with Crippen molar-refractivity contribution in [1.29, 1.82) is 0 Å². The Morgan fingerprint density at radius 3 is 2.32 bits per heavy atom. The van der Waals surface area contributed by atoms with E-state index >= 15 is 0 Å². The Morgan fingerprint density at radius 1 is 1.21 bits per heavy atom. The van der Waals surface area contributed by atoms with Gasteiger partial charge in [-0.1, -0.05) is 32.8 Å². The molecule has 0 amide bonds. The molecule has 0 aliphatic carbocycles. The van der Waals surface area contributed by atoms with Crippen molar-refractivity contribution in [2.45, 2.75) is 58.5 Å².